The molecular formula is C11H18N2O. The molecule has 1 heterocycles. The fourth-order valence-electron chi connectivity index (χ4n) is 2.34. The maximum atomic E-state index is 9.71. The third-order valence-corrected chi connectivity index (χ3v) is 3.12. The number of imidazole rings is 1. The zero-order chi connectivity index (χ0) is 9.97. The van der Waals surface area contributed by atoms with E-state index < -0.39 is 0 Å². The van der Waals surface area contributed by atoms with Gasteiger partial charge < -0.3 is 9.67 Å². The van der Waals surface area contributed by atoms with Crippen molar-refractivity contribution in [1.29, 1.82) is 0 Å². The largest absolute Gasteiger partial charge is 0.393 e. The summed E-state index contributed by atoms with van der Waals surface area (Å²) in [5.74, 6) is 1.58. The summed E-state index contributed by atoms with van der Waals surface area (Å²) in [6.07, 6.45) is 9.07. The first-order chi connectivity index (χ1) is 6.77. The highest BCUT2D eigenvalue weighted by atomic mass is 16.3. The van der Waals surface area contributed by atoms with E-state index >= 15 is 0 Å². The molecule has 0 bridgehead atoms. The molecule has 1 N–H and O–H groups in total. The predicted octanol–water partition coefficient (Wildman–Crippen LogP) is 1.83. The minimum atomic E-state index is -0.126. The summed E-state index contributed by atoms with van der Waals surface area (Å²) in [6.45, 7) is 0. The Balaban J connectivity index is 2.13. The Morgan fingerprint density at radius 1 is 1.43 bits per heavy atom. The van der Waals surface area contributed by atoms with Gasteiger partial charge in [-0.15, -0.1) is 0 Å². The van der Waals surface area contributed by atoms with E-state index in [2.05, 4.69) is 9.55 Å². The van der Waals surface area contributed by atoms with Gasteiger partial charge in [-0.05, 0) is 19.3 Å². The van der Waals surface area contributed by atoms with E-state index in [4.69, 9.17) is 0 Å². The van der Waals surface area contributed by atoms with Crippen LogP contribution < -0.4 is 0 Å². The van der Waals surface area contributed by atoms with Crippen molar-refractivity contribution in [3.8, 4) is 0 Å². The number of aryl methyl sites for hydroxylation is 1. The third-order valence-electron chi connectivity index (χ3n) is 3.12. The molecule has 0 aliphatic heterocycles. The van der Waals surface area contributed by atoms with Crippen molar-refractivity contribution in [3.05, 3.63) is 18.2 Å². The summed E-state index contributed by atoms with van der Waals surface area (Å²) in [6, 6.07) is 0. The Hall–Kier alpha value is -0.830. The number of aliphatic hydroxyl groups excluding tert-OH is 1. The molecule has 0 spiro atoms. The van der Waals surface area contributed by atoms with Crippen molar-refractivity contribution >= 4 is 0 Å². The second kappa shape index (κ2) is 4.13. The van der Waals surface area contributed by atoms with Gasteiger partial charge in [0.1, 0.15) is 5.82 Å². The Morgan fingerprint density at radius 2 is 2.21 bits per heavy atom. The molecule has 3 nitrogen and oxygen atoms in total. The van der Waals surface area contributed by atoms with Gasteiger partial charge in [0.25, 0.3) is 0 Å². The van der Waals surface area contributed by atoms with Crippen LogP contribution in [0.1, 0.15) is 43.8 Å². The monoisotopic (exact) mass is 194 g/mol. The molecule has 3 heteroatoms. The summed E-state index contributed by atoms with van der Waals surface area (Å²) in [5.41, 5.74) is 0. The molecule has 14 heavy (non-hydrogen) atoms. The lowest BCUT2D eigenvalue weighted by atomic mass is 9.98. The molecule has 0 radical (unpaired) electrons. The molecule has 1 aromatic rings. The van der Waals surface area contributed by atoms with Crippen molar-refractivity contribution in [2.45, 2.75) is 44.1 Å². The van der Waals surface area contributed by atoms with Gasteiger partial charge >= 0.3 is 0 Å². The predicted molar refractivity (Wildman–Crippen MR) is 55.0 cm³/mol. The molecule has 0 aromatic carbocycles. The third kappa shape index (κ3) is 1.98. The smallest absolute Gasteiger partial charge is 0.111 e. The average molecular weight is 194 g/mol. The van der Waals surface area contributed by atoms with E-state index in [9.17, 15) is 5.11 Å². The van der Waals surface area contributed by atoms with Crippen LogP contribution >= 0.6 is 0 Å². The van der Waals surface area contributed by atoms with E-state index in [-0.39, 0.29) is 6.10 Å². The fourth-order valence-corrected chi connectivity index (χ4v) is 2.34. The Labute approximate surface area is 84.8 Å². The molecule has 1 aliphatic rings. The normalized spacial score (nSPS) is 28.7. The van der Waals surface area contributed by atoms with Crippen LogP contribution in [0.4, 0.5) is 0 Å². The highest BCUT2D eigenvalue weighted by Gasteiger charge is 2.22. The molecule has 1 aliphatic carbocycles. The van der Waals surface area contributed by atoms with E-state index in [0.29, 0.717) is 5.92 Å². The summed E-state index contributed by atoms with van der Waals surface area (Å²) in [7, 11) is 2.03. The van der Waals surface area contributed by atoms with Gasteiger partial charge in [-0.3, -0.25) is 0 Å². The van der Waals surface area contributed by atoms with E-state index in [1.54, 1.807) is 0 Å². The number of aromatic nitrogens is 2. The Kier molecular flexibility index (Phi) is 2.87. The van der Waals surface area contributed by atoms with E-state index in [1.165, 1.54) is 12.8 Å². The highest BCUT2D eigenvalue weighted by Crippen LogP contribution is 2.30. The molecule has 2 unspecified atom stereocenters. The standard InChI is InChI=1S/C11H18N2O/c1-13-7-6-12-11(13)9-4-2-3-5-10(14)8-9/h6-7,9-10,14H,2-5,8H2,1H3. The van der Waals surface area contributed by atoms with Crippen molar-refractivity contribution in [1.82, 2.24) is 9.55 Å². The molecular weight excluding hydrogens is 176 g/mol. The van der Waals surface area contributed by atoms with E-state index in [0.717, 1.165) is 25.1 Å². The van der Waals surface area contributed by atoms with Crippen molar-refractivity contribution in [3.63, 3.8) is 0 Å². The quantitative estimate of drug-likeness (QED) is 0.693. The molecule has 1 aromatic heterocycles. The number of rotatable bonds is 1. The Morgan fingerprint density at radius 3 is 2.93 bits per heavy atom. The van der Waals surface area contributed by atoms with E-state index in [1.807, 2.05) is 19.4 Å². The average Bonchev–Trinajstić information content (AvgIpc) is 2.45. The minimum Gasteiger partial charge on any atom is -0.393 e. The van der Waals surface area contributed by atoms with Gasteiger partial charge in [0, 0.05) is 25.4 Å². The lowest BCUT2D eigenvalue weighted by Gasteiger charge is -2.15. The van der Waals surface area contributed by atoms with Crippen molar-refractivity contribution < 1.29 is 5.11 Å². The van der Waals surface area contributed by atoms with Crippen LogP contribution in [0.2, 0.25) is 0 Å². The van der Waals surface area contributed by atoms with Crippen LogP contribution in [0.5, 0.6) is 0 Å². The molecule has 1 fully saturated rings. The molecule has 1 saturated carbocycles. The van der Waals surface area contributed by atoms with Gasteiger partial charge in [-0.1, -0.05) is 12.8 Å². The number of hydrogen-bond donors (Lipinski definition) is 1. The lowest BCUT2D eigenvalue weighted by molar-refractivity contribution is 0.150. The molecule has 2 rings (SSSR count). The SMILES string of the molecule is Cn1ccnc1C1CCCCC(O)C1. The molecule has 2 atom stereocenters. The zero-order valence-electron chi connectivity index (χ0n) is 8.69. The van der Waals surface area contributed by atoms with Crippen LogP contribution in [-0.2, 0) is 7.05 Å². The second-order valence-corrected chi connectivity index (χ2v) is 4.27. The first kappa shape index (κ1) is 9.71. The Bertz CT molecular complexity index is 295. The summed E-state index contributed by atoms with van der Waals surface area (Å²) >= 11 is 0. The molecule has 0 amide bonds. The van der Waals surface area contributed by atoms with Gasteiger partial charge in [0.2, 0.25) is 0 Å². The van der Waals surface area contributed by atoms with Gasteiger partial charge in [-0.2, -0.15) is 0 Å². The zero-order valence-corrected chi connectivity index (χ0v) is 8.69. The highest BCUT2D eigenvalue weighted by molar-refractivity contribution is 5.01. The maximum absolute atomic E-state index is 9.71. The minimum absolute atomic E-state index is 0.126. The van der Waals surface area contributed by atoms with Gasteiger partial charge in [0.15, 0.2) is 0 Å². The van der Waals surface area contributed by atoms with Crippen LogP contribution in [-0.4, -0.2) is 20.8 Å². The van der Waals surface area contributed by atoms with Crippen molar-refractivity contribution in [2.24, 2.45) is 7.05 Å². The number of hydrogen-bond acceptors (Lipinski definition) is 2. The van der Waals surface area contributed by atoms with Gasteiger partial charge in [0.05, 0.1) is 6.10 Å². The molecule has 0 saturated heterocycles. The number of aliphatic hydroxyl groups is 1. The van der Waals surface area contributed by atoms with Gasteiger partial charge in [-0.25, -0.2) is 4.98 Å². The molecule has 78 valence electrons. The first-order valence-electron chi connectivity index (χ1n) is 5.42. The van der Waals surface area contributed by atoms with Crippen LogP contribution in [0.15, 0.2) is 12.4 Å². The van der Waals surface area contributed by atoms with Crippen molar-refractivity contribution in [2.75, 3.05) is 0 Å². The lowest BCUT2D eigenvalue weighted by Crippen LogP contribution is -2.12. The summed E-state index contributed by atoms with van der Waals surface area (Å²) in [5, 5.41) is 9.71. The van der Waals surface area contributed by atoms with Crippen LogP contribution in [0.3, 0.4) is 0 Å². The first-order valence-corrected chi connectivity index (χ1v) is 5.42. The summed E-state index contributed by atoms with van der Waals surface area (Å²) < 4.78 is 2.07. The second-order valence-electron chi connectivity index (χ2n) is 4.27. The fraction of sp³-hybridized carbons (Fsp3) is 0.727. The maximum Gasteiger partial charge on any atom is 0.111 e. The van der Waals surface area contributed by atoms with Crippen LogP contribution in [0, 0.1) is 0 Å². The topological polar surface area (TPSA) is 38.0 Å². The number of nitrogens with zero attached hydrogens (tertiary/aromatic N) is 2. The summed E-state index contributed by atoms with van der Waals surface area (Å²) in [4.78, 5) is 4.37. The van der Waals surface area contributed by atoms with Crippen LogP contribution in [0.25, 0.3) is 0 Å².